The molecule has 0 radical (unpaired) electrons. The van der Waals surface area contributed by atoms with Gasteiger partial charge in [0.1, 0.15) is 0 Å². The van der Waals surface area contributed by atoms with Gasteiger partial charge in [-0.05, 0) is 25.5 Å². The lowest BCUT2D eigenvalue weighted by molar-refractivity contribution is 1.26. The molecule has 2 nitrogen and oxygen atoms in total. The van der Waals surface area contributed by atoms with Gasteiger partial charge in [-0.3, -0.25) is 9.98 Å². The second kappa shape index (κ2) is 5.81. The molecule has 1 heterocycles. The quantitative estimate of drug-likeness (QED) is 0.700. The molecule has 0 spiro atoms. The van der Waals surface area contributed by atoms with E-state index in [1.54, 1.807) is 18.5 Å². The van der Waals surface area contributed by atoms with Gasteiger partial charge in [-0.2, -0.15) is 0 Å². The van der Waals surface area contributed by atoms with Crippen molar-refractivity contribution in [3.8, 4) is 0 Å². The Kier molecular flexibility index (Phi) is 4.40. The van der Waals surface area contributed by atoms with Crippen molar-refractivity contribution in [2.75, 3.05) is 0 Å². The van der Waals surface area contributed by atoms with Crippen LogP contribution in [0.1, 0.15) is 25.1 Å². The van der Waals surface area contributed by atoms with Gasteiger partial charge in [-0.25, -0.2) is 0 Å². The molecule has 0 saturated carbocycles. The predicted octanol–water partition coefficient (Wildman–Crippen LogP) is 3.62. The van der Waals surface area contributed by atoms with Gasteiger partial charge in [-0.15, -0.1) is 0 Å². The molecular weight excluding hydrogens is 196 g/mol. The summed E-state index contributed by atoms with van der Waals surface area (Å²) in [6, 6.07) is 3.84. The lowest BCUT2D eigenvalue weighted by Crippen LogP contribution is -2.06. The van der Waals surface area contributed by atoms with Crippen LogP contribution in [0.2, 0.25) is 0 Å². The minimum atomic E-state index is 0.800. The summed E-state index contributed by atoms with van der Waals surface area (Å²) in [6.45, 7) is 11.5. The molecule has 0 aliphatic rings. The minimum Gasteiger partial charge on any atom is -0.255 e. The van der Waals surface area contributed by atoms with Crippen LogP contribution in [0.5, 0.6) is 0 Å². The fourth-order valence-corrected chi connectivity index (χ4v) is 1.30. The summed E-state index contributed by atoms with van der Waals surface area (Å²) in [7, 11) is 0. The first-order valence-corrected chi connectivity index (χ1v) is 5.13. The van der Waals surface area contributed by atoms with Gasteiger partial charge in [0, 0.05) is 18.0 Å². The van der Waals surface area contributed by atoms with Crippen molar-refractivity contribution in [1.82, 2.24) is 4.98 Å². The van der Waals surface area contributed by atoms with Gasteiger partial charge >= 0.3 is 0 Å². The second-order valence-electron chi connectivity index (χ2n) is 3.39. The molecule has 1 rings (SSSR count). The van der Waals surface area contributed by atoms with Crippen molar-refractivity contribution in [2.24, 2.45) is 4.99 Å². The van der Waals surface area contributed by atoms with E-state index in [1.807, 2.05) is 32.1 Å². The fraction of sp³-hybridized carbons (Fsp3) is 0.143. The first kappa shape index (κ1) is 12.1. The van der Waals surface area contributed by atoms with Gasteiger partial charge in [0.05, 0.1) is 11.4 Å². The third-order valence-corrected chi connectivity index (χ3v) is 2.04. The van der Waals surface area contributed by atoms with E-state index in [4.69, 9.17) is 0 Å². The molecule has 0 bridgehead atoms. The van der Waals surface area contributed by atoms with E-state index in [0.29, 0.717) is 0 Å². The maximum atomic E-state index is 4.35. The van der Waals surface area contributed by atoms with E-state index in [1.165, 1.54) is 0 Å². The molecule has 0 saturated heterocycles. The largest absolute Gasteiger partial charge is 0.255 e. The second-order valence-corrected chi connectivity index (χ2v) is 3.39. The first-order chi connectivity index (χ1) is 7.70. The van der Waals surface area contributed by atoms with Crippen molar-refractivity contribution >= 4 is 11.8 Å². The lowest BCUT2D eigenvalue weighted by atomic mass is 10.1. The highest BCUT2D eigenvalue weighted by atomic mass is 14.8. The molecular formula is C14H16N2. The third kappa shape index (κ3) is 2.76. The highest BCUT2D eigenvalue weighted by molar-refractivity contribution is 6.12. The van der Waals surface area contributed by atoms with Crippen LogP contribution in [0.3, 0.4) is 0 Å². The summed E-state index contributed by atoms with van der Waals surface area (Å²) in [6.07, 6.45) is 7.14. The summed E-state index contributed by atoms with van der Waals surface area (Å²) < 4.78 is 0. The van der Waals surface area contributed by atoms with Crippen LogP contribution in [0.15, 0.2) is 54.3 Å². The monoisotopic (exact) mass is 212 g/mol. The van der Waals surface area contributed by atoms with Crippen molar-refractivity contribution in [1.29, 1.82) is 0 Å². The number of aliphatic imine (C=N–C) groups is 1. The smallest absolute Gasteiger partial charge is 0.0960 e. The molecule has 16 heavy (non-hydrogen) atoms. The summed E-state index contributed by atoms with van der Waals surface area (Å²) in [5.41, 5.74) is 3.48. The Morgan fingerprint density at radius 3 is 2.81 bits per heavy atom. The van der Waals surface area contributed by atoms with E-state index in [2.05, 4.69) is 23.1 Å². The van der Waals surface area contributed by atoms with E-state index >= 15 is 0 Å². The van der Waals surface area contributed by atoms with Gasteiger partial charge in [0.25, 0.3) is 0 Å². The normalized spacial score (nSPS) is 11.8. The summed E-state index contributed by atoms with van der Waals surface area (Å²) in [5.74, 6) is 0. The number of allylic oxidation sites excluding steroid dienone is 2. The zero-order chi connectivity index (χ0) is 12.0. The minimum absolute atomic E-state index is 0.800. The molecule has 1 aromatic heterocycles. The Bertz CT molecular complexity index is 454. The summed E-state index contributed by atoms with van der Waals surface area (Å²) in [4.78, 5) is 8.67. The van der Waals surface area contributed by atoms with Gasteiger partial charge < -0.3 is 0 Å². The molecule has 2 heteroatoms. The Morgan fingerprint density at radius 1 is 1.50 bits per heavy atom. The van der Waals surface area contributed by atoms with Crippen LogP contribution in [0.25, 0.3) is 6.08 Å². The number of hydrogen-bond donors (Lipinski definition) is 0. The van der Waals surface area contributed by atoms with Crippen molar-refractivity contribution in [3.63, 3.8) is 0 Å². The van der Waals surface area contributed by atoms with Crippen LogP contribution < -0.4 is 0 Å². The zero-order valence-electron chi connectivity index (χ0n) is 9.77. The molecule has 0 aliphatic heterocycles. The number of pyridine rings is 1. The SMILES string of the molecule is C=Cc1cccnc1C(=N/C=C\C)C(=C)C. The molecule has 0 aliphatic carbocycles. The topological polar surface area (TPSA) is 25.2 Å². The van der Waals surface area contributed by atoms with Crippen LogP contribution in [0.4, 0.5) is 0 Å². The standard InChI is InChI=1S/C14H16N2/c1-5-9-15-13(11(3)4)14-12(6-2)8-7-10-16-14/h5-10H,2-3H2,1,4H3/b9-5-,15-13?. The molecule has 0 atom stereocenters. The van der Waals surface area contributed by atoms with Crippen molar-refractivity contribution < 1.29 is 0 Å². The number of aromatic nitrogens is 1. The van der Waals surface area contributed by atoms with E-state index in [9.17, 15) is 0 Å². The zero-order valence-corrected chi connectivity index (χ0v) is 9.77. The Morgan fingerprint density at radius 2 is 2.25 bits per heavy atom. The van der Waals surface area contributed by atoms with E-state index in [-0.39, 0.29) is 0 Å². The number of hydrogen-bond acceptors (Lipinski definition) is 2. The molecule has 0 fully saturated rings. The van der Waals surface area contributed by atoms with Crippen molar-refractivity contribution in [3.05, 3.63) is 60.6 Å². The molecule has 82 valence electrons. The molecule has 0 unspecified atom stereocenters. The van der Waals surface area contributed by atoms with E-state index < -0.39 is 0 Å². The third-order valence-electron chi connectivity index (χ3n) is 2.04. The van der Waals surface area contributed by atoms with Crippen LogP contribution in [-0.4, -0.2) is 10.7 Å². The molecule has 0 N–H and O–H groups in total. The Labute approximate surface area is 96.8 Å². The highest BCUT2D eigenvalue weighted by Gasteiger charge is 2.08. The Hall–Kier alpha value is -1.96. The van der Waals surface area contributed by atoms with Gasteiger partial charge in [0.15, 0.2) is 0 Å². The maximum Gasteiger partial charge on any atom is 0.0960 e. The van der Waals surface area contributed by atoms with Gasteiger partial charge in [-0.1, -0.05) is 31.4 Å². The first-order valence-electron chi connectivity index (χ1n) is 5.13. The predicted molar refractivity (Wildman–Crippen MR) is 70.5 cm³/mol. The number of rotatable bonds is 4. The van der Waals surface area contributed by atoms with E-state index in [0.717, 1.165) is 22.5 Å². The van der Waals surface area contributed by atoms with Crippen LogP contribution >= 0.6 is 0 Å². The molecule has 0 aromatic carbocycles. The molecule has 1 aromatic rings. The van der Waals surface area contributed by atoms with Crippen LogP contribution in [-0.2, 0) is 0 Å². The van der Waals surface area contributed by atoms with Gasteiger partial charge in [0.2, 0.25) is 0 Å². The average Bonchev–Trinajstić information content (AvgIpc) is 2.29. The fourth-order valence-electron chi connectivity index (χ4n) is 1.30. The Balaban J connectivity index is 3.31. The molecule has 0 amide bonds. The van der Waals surface area contributed by atoms with Crippen LogP contribution in [0, 0.1) is 0 Å². The van der Waals surface area contributed by atoms with Crippen molar-refractivity contribution in [2.45, 2.75) is 13.8 Å². The summed E-state index contributed by atoms with van der Waals surface area (Å²) >= 11 is 0. The summed E-state index contributed by atoms with van der Waals surface area (Å²) in [5, 5.41) is 0. The number of nitrogens with zero attached hydrogens (tertiary/aromatic N) is 2. The lowest BCUT2D eigenvalue weighted by Gasteiger charge is -2.07. The maximum absolute atomic E-state index is 4.35. The highest BCUT2D eigenvalue weighted by Crippen LogP contribution is 2.12. The average molecular weight is 212 g/mol.